The smallest absolute Gasteiger partial charge is 0.390 e. The maximum Gasteiger partial charge on any atom is 0.390 e. The zero-order valence-corrected chi connectivity index (χ0v) is 8.71. The number of phenols is 1. The standard InChI is InChI=1S/C10H11F3N2O2/c11-10(12,13)4-5-15-9(17)6-2-1-3-7(14)8(6)16/h1-3,16H,4-5,14H2,(H,15,17). The van der Waals surface area contributed by atoms with Crippen molar-refractivity contribution < 1.29 is 23.1 Å². The summed E-state index contributed by atoms with van der Waals surface area (Å²) in [4.78, 5) is 11.4. The number of rotatable bonds is 3. The van der Waals surface area contributed by atoms with Gasteiger partial charge in [-0.1, -0.05) is 6.07 Å². The van der Waals surface area contributed by atoms with Gasteiger partial charge in [-0.15, -0.1) is 0 Å². The van der Waals surface area contributed by atoms with E-state index in [1.54, 1.807) is 0 Å². The topological polar surface area (TPSA) is 75.4 Å². The molecule has 0 saturated carbocycles. The normalized spacial score (nSPS) is 11.2. The molecular weight excluding hydrogens is 237 g/mol. The molecule has 0 aliphatic carbocycles. The second kappa shape index (κ2) is 4.94. The summed E-state index contributed by atoms with van der Waals surface area (Å²) in [6, 6.07) is 4.07. The molecule has 7 heteroatoms. The molecule has 4 nitrogen and oxygen atoms in total. The van der Waals surface area contributed by atoms with Crippen molar-refractivity contribution in [2.75, 3.05) is 12.3 Å². The third-order valence-electron chi connectivity index (χ3n) is 2.01. The molecular formula is C10H11F3N2O2. The number of carbonyl (C=O) groups is 1. The van der Waals surface area contributed by atoms with Crippen molar-refractivity contribution >= 4 is 11.6 Å². The number of amides is 1. The molecule has 4 N–H and O–H groups in total. The first-order valence-electron chi connectivity index (χ1n) is 4.73. The first-order chi connectivity index (χ1) is 7.81. The minimum Gasteiger partial charge on any atom is -0.505 e. The fourth-order valence-electron chi connectivity index (χ4n) is 1.16. The van der Waals surface area contributed by atoms with Gasteiger partial charge in [0.15, 0.2) is 5.75 Å². The summed E-state index contributed by atoms with van der Waals surface area (Å²) in [6.45, 7) is -0.545. The van der Waals surface area contributed by atoms with Crippen LogP contribution in [0.3, 0.4) is 0 Å². The molecule has 0 aliphatic heterocycles. The fourth-order valence-corrected chi connectivity index (χ4v) is 1.16. The SMILES string of the molecule is Nc1cccc(C(=O)NCCC(F)(F)F)c1O. The van der Waals surface area contributed by atoms with Crippen molar-refractivity contribution in [2.45, 2.75) is 12.6 Å². The highest BCUT2D eigenvalue weighted by molar-refractivity contribution is 5.98. The molecule has 0 aromatic heterocycles. The Hall–Kier alpha value is -1.92. The minimum atomic E-state index is -4.33. The maximum absolute atomic E-state index is 11.8. The highest BCUT2D eigenvalue weighted by Gasteiger charge is 2.26. The lowest BCUT2D eigenvalue weighted by Crippen LogP contribution is -2.28. The summed E-state index contributed by atoms with van der Waals surface area (Å²) in [5.74, 6) is -1.23. The van der Waals surface area contributed by atoms with Crippen LogP contribution < -0.4 is 11.1 Å². The number of carbonyl (C=O) groups excluding carboxylic acids is 1. The van der Waals surface area contributed by atoms with Gasteiger partial charge in [-0.2, -0.15) is 13.2 Å². The van der Waals surface area contributed by atoms with Gasteiger partial charge in [-0.3, -0.25) is 4.79 Å². The van der Waals surface area contributed by atoms with Gasteiger partial charge in [0.1, 0.15) is 0 Å². The molecule has 0 heterocycles. The second-order valence-electron chi connectivity index (χ2n) is 3.36. The average molecular weight is 248 g/mol. The molecule has 0 bridgehead atoms. The number of nitrogens with two attached hydrogens (primary N) is 1. The number of halogens is 3. The van der Waals surface area contributed by atoms with Crippen LogP contribution in [0.2, 0.25) is 0 Å². The fraction of sp³-hybridized carbons (Fsp3) is 0.300. The third kappa shape index (κ3) is 3.86. The average Bonchev–Trinajstić information content (AvgIpc) is 2.20. The summed E-state index contributed by atoms with van der Waals surface area (Å²) >= 11 is 0. The Balaban J connectivity index is 2.62. The summed E-state index contributed by atoms with van der Waals surface area (Å²) in [7, 11) is 0. The highest BCUT2D eigenvalue weighted by atomic mass is 19.4. The molecule has 17 heavy (non-hydrogen) atoms. The minimum absolute atomic E-state index is 0.00605. The molecule has 1 aromatic rings. The van der Waals surface area contributed by atoms with Crippen molar-refractivity contribution in [1.29, 1.82) is 0 Å². The van der Waals surface area contributed by atoms with E-state index < -0.39 is 30.8 Å². The van der Waals surface area contributed by atoms with E-state index in [9.17, 15) is 23.1 Å². The Labute approximate surface area is 95.2 Å². The zero-order valence-electron chi connectivity index (χ0n) is 8.71. The van der Waals surface area contributed by atoms with Crippen molar-refractivity contribution in [1.82, 2.24) is 5.32 Å². The largest absolute Gasteiger partial charge is 0.505 e. The highest BCUT2D eigenvalue weighted by Crippen LogP contribution is 2.24. The van der Waals surface area contributed by atoms with E-state index in [4.69, 9.17) is 5.73 Å². The van der Waals surface area contributed by atoms with Crippen LogP contribution in [0.25, 0.3) is 0 Å². The molecule has 1 aromatic carbocycles. The maximum atomic E-state index is 11.8. The van der Waals surface area contributed by atoms with Gasteiger partial charge in [0.2, 0.25) is 0 Å². The Morgan fingerprint density at radius 2 is 2.06 bits per heavy atom. The number of hydrogen-bond acceptors (Lipinski definition) is 3. The quantitative estimate of drug-likeness (QED) is 0.562. The molecule has 0 atom stereocenters. The van der Waals surface area contributed by atoms with E-state index in [1.807, 2.05) is 5.32 Å². The van der Waals surface area contributed by atoms with Gasteiger partial charge < -0.3 is 16.2 Å². The van der Waals surface area contributed by atoms with Crippen LogP contribution in [0.15, 0.2) is 18.2 Å². The molecule has 0 fully saturated rings. The molecule has 0 spiro atoms. The van der Waals surface area contributed by atoms with E-state index in [0.29, 0.717) is 0 Å². The monoisotopic (exact) mass is 248 g/mol. The molecule has 1 rings (SSSR count). The Morgan fingerprint density at radius 3 is 2.65 bits per heavy atom. The summed E-state index contributed by atoms with van der Waals surface area (Å²) in [6.07, 6.45) is -5.45. The lowest BCUT2D eigenvalue weighted by Gasteiger charge is -2.09. The number of nitrogen functional groups attached to an aromatic ring is 1. The molecule has 0 radical (unpaired) electrons. The van der Waals surface area contributed by atoms with Crippen LogP contribution in [0.1, 0.15) is 16.8 Å². The first-order valence-corrected chi connectivity index (χ1v) is 4.73. The van der Waals surface area contributed by atoms with Gasteiger partial charge in [0, 0.05) is 6.54 Å². The summed E-state index contributed by atoms with van der Waals surface area (Å²) in [5.41, 5.74) is 5.19. The van der Waals surface area contributed by atoms with Gasteiger partial charge >= 0.3 is 6.18 Å². The van der Waals surface area contributed by atoms with E-state index in [2.05, 4.69) is 0 Å². The predicted octanol–water partition coefficient (Wildman–Crippen LogP) is 1.66. The third-order valence-corrected chi connectivity index (χ3v) is 2.01. The van der Waals surface area contributed by atoms with Gasteiger partial charge in [-0.25, -0.2) is 0 Å². The lowest BCUT2D eigenvalue weighted by molar-refractivity contribution is -0.132. The number of nitrogens with one attached hydrogen (secondary N) is 1. The molecule has 0 unspecified atom stereocenters. The Morgan fingerprint density at radius 1 is 1.41 bits per heavy atom. The van der Waals surface area contributed by atoms with Crippen LogP contribution in [-0.2, 0) is 0 Å². The predicted molar refractivity (Wildman–Crippen MR) is 55.5 cm³/mol. The summed E-state index contributed by atoms with van der Waals surface area (Å²) < 4.78 is 35.5. The van der Waals surface area contributed by atoms with Crippen molar-refractivity contribution in [3.05, 3.63) is 23.8 Å². The van der Waals surface area contributed by atoms with E-state index >= 15 is 0 Å². The van der Waals surface area contributed by atoms with Crippen LogP contribution in [0, 0.1) is 0 Å². The van der Waals surface area contributed by atoms with Gasteiger partial charge in [0.05, 0.1) is 17.7 Å². The van der Waals surface area contributed by atoms with E-state index in [0.717, 1.165) is 0 Å². The number of phenolic OH excluding ortho intramolecular Hbond substituents is 1. The number of anilines is 1. The molecule has 94 valence electrons. The van der Waals surface area contributed by atoms with E-state index in [-0.39, 0.29) is 11.3 Å². The first kappa shape index (κ1) is 13.1. The van der Waals surface area contributed by atoms with Crippen LogP contribution in [-0.4, -0.2) is 23.7 Å². The molecule has 1 amide bonds. The number of aromatic hydroxyl groups is 1. The van der Waals surface area contributed by atoms with Crippen molar-refractivity contribution in [2.24, 2.45) is 0 Å². The zero-order chi connectivity index (χ0) is 13.1. The Bertz CT molecular complexity index is 419. The van der Waals surface area contributed by atoms with Gasteiger partial charge in [0.25, 0.3) is 5.91 Å². The van der Waals surface area contributed by atoms with Crippen LogP contribution >= 0.6 is 0 Å². The lowest BCUT2D eigenvalue weighted by atomic mass is 10.1. The number of alkyl halides is 3. The van der Waals surface area contributed by atoms with E-state index in [1.165, 1.54) is 18.2 Å². The number of para-hydroxylation sites is 1. The number of benzene rings is 1. The Kier molecular flexibility index (Phi) is 3.82. The van der Waals surface area contributed by atoms with Crippen LogP contribution in [0.5, 0.6) is 5.75 Å². The van der Waals surface area contributed by atoms with Crippen LogP contribution in [0.4, 0.5) is 18.9 Å². The molecule has 0 aliphatic rings. The van der Waals surface area contributed by atoms with Gasteiger partial charge in [-0.05, 0) is 12.1 Å². The summed E-state index contributed by atoms with van der Waals surface area (Å²) in [5, 5.41) is 11.5. The number of hydrogen-bond donors (Lipinski definition) is 3. The van der Waals surface area contributed by atoms with Crippen molar-refractivity contribution in [3.8, 4) is 5.75 Å². The van der Waals surface area contributed by atoms with Crippen molar-refractivity contribution in [3.63, 3.8) is 0 Å². The molecule has 0 saturated heterocycles. The second-order valence-corrected chi connectivity index (χ2v) is 3.36.